The minimum Gasteiger partial charge on any atom is -0.495 e. The van der Waals surface area contributed by atoms with Gasteiger partial charge in [0.25, 0.3) is 0 Å². The van der Waals surface area contributed by atoms with E-state index in [4.69, 9.17) is 16.3 Å². The molecular weight excluding hydrogens is 314 g/mol. The first kappa shape index (κ1) is 13.2. The molecule has 2 nitrogen and oxygen atoms in total. The number of methoxy groups -OCH3 is 1. The van der Waals surface area contributed by atoms with Gasteiger partial charge in [0.1, 0.15) is 5.75 Å². The fourth-order valence-electron chi connectivity index (χ4n) is 1.65. The van der Waals surface area contributed by atoms with Gasteiger partial charge in [-0.25, -0.2) is 0 Å². The van der Waals surface area contributed by atoms with Gasteiger partial charge < -0.3 is 10.1 Å². The fourth-order valence-corrected chi connectivity index (χ4v) is 2.21. The lowest BCUT2D eigenvalue weighted by atomic mass is 10.2. The van der Waals surface area contributed by atoms with E-state index in [1.807, 2.05) is 42.5 Å². The predicted octanol–water partition coefficient (Wildman–Crippen LogP) is 4.72. The van der Waals surface area contributed by atoms with Crippen molar-refractivity contribution in [2.24, 2.45) is 0 Å². The Balaban J connectivity index is 2.15. The average Bonchev–Trinajstić information content (AvgIpc) is 2.38. The molecule has 1 N–H and O–H groups in total. The molecule has 94 valence electrons. The summed E-state index contributed by atoms with van der Waals surface area (Å²) in [7, 11) is 1.66. The van der Waals surface area contributed by atoms with Crippen molar-refractivity contribution >= 4 is 33.2 Å². The molecule has 0 unspecified atom stereocenters. The second kappa shape index (κ2) is 6.12. The number of benzene rings is 2. The highest BCUT2D eigenvalue weighted by molar-refractivity contribution is 9.10. The molecule has 0 heterocycles. The van der Waals surface area contributed by atoms with Crippen molar-refractivity contribution in [2.45, 2.75) is 6.54 Å². The van der Waals surface area contributed by atoms with Gasteiger partial charge in [-0.15, -0.1) is 0 Å². The minimum atomic E-state index is 0.659. The van der Waals surface area contributed by atoms with Gasteiger partial charge in [-0.2, -0.15) is 0 Å². The van der Waals surface area contributed by atoms with Crippen molar-refractivity contribution in [3.63, 3.8) is 0 Å². The third-order valence-electron chi connectivity index (χ3n) is 2.59. The first-order valence-corrected chi connectivity index (χ1v) is 6.68. The Morgan fingerprint density at radius 2 is 2.00 bits per heavy atom. The number of ether oxygens (including phenoxy) is 1. The molecule has 0 saturated heterocycles. The molecule has 4 heteroatoms. The van der Waals surface area contributed by atoms with Gasteiger partial charge in [-0.3, -0.25) is 0 Å². The topological polar surface area (TPSA) is 21.3 Å². The van der Waals surface area contributed by atoms with Crippen molar-refractivity contribution in [1.29, 1.82) is 0 Å². The quantitative estimate of drug-likeness (QED) is 0.877. The van der Waals surface area contributed by atoms with Crippen LogP contribution in [0.1, 0.15) is 5.56 Å². The van der Waals surface area contributed by atoms with Crippen LogP contribution in [-0.2, 0) is 6.54 Å². The van der Waals surface area contributed by atoms with Crippen molar-refractivity contribution < 1.29 is 4.74 Å². The molecule has 0 aromatic heterocycles. The van der Waals surface area contributed by atoms with Crippen LogP contribution in [0.4, 0.5) is 5.69 Å². The maximum atomic E-state index is 6.11. The van der Waals surface area contributed by atoms with E-state index in [1.54, 1.807) is 7.11 Å². The molecular formula is C14H13BrClNO. The maximum Gasteiger partial charge on any atom is 0.142 e. The molecule has 2 aromatic rings. The highest BCUT2D eigenvalue weighted by atomic mass is 79.9. The number of hydrogen-bond donors (Lipinski definition) is 1. The van der Waals surface area contributed by atoms with Crippen molar-refractivity contribution in [1.82, 2.24) is 0 Å². The Bertz CT molecular complexity index is 545. The summed E-state index contributed by atoms with van der Waals surface area (Å²) in [6.07, 6.45) is 0. The maximum absolute atomic E-state index is 6.11. The summed E-state index contributed by atoms with van der Waals surface area (Å²) in [6.45, 7) is 0.659. The van der Waals surface area contributed by atoms with Crippen LogP contribution in [0.3, 0.4) is 0 Å². The molecule has 0 fully saturated rings. The van der Waals surface area contributed by atoms with Crippen LogP contribution in [0, 0.1) is 0 Å². The van der Waals surface area contributed by atoms with Crippen LogP contribution in [0.2, 0.25) is 5.02 Å². The zero-order chi connectivity index (χ0) is 13.0. The highest BCUT2D eigenvalue weighted by Gasteiger charge is 2.04. The highest BCUT2D eigenvalue weighted by Crippen LogP contribution is 2.28. The molecule has 0 bridgehead atoms. The molecule has 0 aliphatic carbocycles. The molecule has 0 radical (unpaired) electrons. The SMILES string of the molecule is COc1ccc(Br)cc1NCc1ccccc1Cl. The summed E-state index contributed by atoms with van der Waals surface area (Å²) in [6, 6.07) is 13.6. The summed E-state index contributed by atoms with van der Waals surface area (Å²) >= 11 is 9.56. The Hall–Kier alpha value is -1.19. The molecule has 0 aliphatic rings. The van der Waals surface area contributed by atoms with Crippen molar-refractivity contribution in [2.75, 3.05) is 12.4 Å². The molecule has 0 saturated carbocycles. The van der Waals surface area contributed by atoms with Gasteiger partial charge in [-0.1, -0.05) is 45.7 Å². The van der Waals surface area contributed by atoms with Crippen LogP contribution in [0.25, 0.3) is 0 Å². The Morgan fingerprint density at radius 1 is 1.22 bits per heavy atom. The van der Waals surface area contributed by atoms with E-state index >= 15 is 0 Å². The van der Waals surface area contributed by atoms with Gasteiger partial charge >= 0.3 is 0 Å². The fraction of sp³-hybridized carbons (Fsp3) is 0.143. The van der Waals surface area contributed by atoms with E-state index in [-0.39, 0.29) is 0 Å². The van der Waals surface area contributed by atoms with Crippen LogP contribution in [-0.4, -0.2) is 7.11 Å². The predicted molar refractivity (Wildman–Crippen MR) is 79.5 cm³/mol. The number of nitrogens with one attached hydrogen (secondary N) is 1. The lowest BCUT2D eigenvalue weighted by molar-refractivity contribution is 0.416. The monoisotopic (exact) mass is 325 g/mol. The zero-order valence-electron chi connectivity index (χ0n) is 9.91. The standard InChI is InChI=1S/C14H13BrClNO/c1-18-14-7-6-11(15)8-13(14)17-9-10-4-2-3-5-12(10)16/h2-8,17H,9H2,1H3. The lowest BCUT2D eigenvalue weighted by Gasteiger charge is -2.12. The van der Waals surface area contributed by atoms with Gasteiger partial charge in [-0.05, 0) is 29.8 Å². The van der Waals surface area contributed by atoms with Crippen molar-refractivity contribution in [3.8, 4) is 5.75 Å². The van der Waals surface area contributed by atoms with Crippen LogP contribution < -0.4 is 10.1 Å². The van der Waals surface area contributed by atoms with E-state index < -0.39 is 0 Å². The van der Waals surface area contributed by atoms with E-state index in [2.05, 4.69) is 21.2 Å². The van der Waals surface area contributed by atoms with Crippen LogP contribution in [0.5, 0.6) is 5.75 Å². The summed E-state index contributed by atoms with van der Waals surface area (Å²) in [5.74, 6) is 0.810. The average molecular weight is 327 g/mol. The van der Waals surface area contributed by atoms with Crippen molar-refractivity contribution in [3.05, 3.63) is 57.5 Å². The lowest BCUT2D eigenvalue weighted by Crippen LogP contribution is -2.01. The summed E-state index contributed by atoms with van der Waals surface area (Å²) in [4.78, 5) is 0. The summed E-state index contributed by atoms with van der Waals surface area (Å²) < 4.78 is 6.31. The zero-order valence-corrected chi connectivity index (χ0v) is 12.3. The van der Waals surface area contributed by atoms with Gasteiger partial charge in [0.05, 0.1) is 12.8 Å². The third-order valence-corrected chi connectivity index (χ3v) is 3.45. The molecule has 0 amide bonds. The number of halogens is 2. The largest absolute Gasteiger partial charge is 0.495 e. The number of anilines is 1. The van der Waals surface area contributed by atoms with Gasteiger partial charge in [0.2, 0.25) is 0 Å². The van der Waals surface area contributed by atoms with Crippen LogP contribution in [0.15, 0.2) is 46.9 Å². The normalized spacial score (nSPS) is 10.2. The Kier molecular flexibility index (Phi) is 4.50. The Morgan fingerprint density at radius 3 is 2.72 bits per heavy atom. The molecule has 18 heavy (non-hydrogen) atoms. The first-order valence-electron chi connectivity index (χ1n) is 5.51. The molecule has 0 aliphatic heterocycles. The van der Waals surface area contributed by atoms with Crippen LogP contribution >= 0.6 is 27.5 Å². The van der Waals surface area contributed by atoms with E-state index in [0.717, 1.165) is 26.5 Å². The first-order chi connectivity index (χ1) is 8.70. The molecule has 0 spiro atoms. The second-order valence-electron chi connectivity index (χ2n) is 3.79. The number of rotatable bonds is 4. The molecule has 2 aromatic carbocycles. The third kappa shape index (κ3) is 3.18. The van der Waals surface area contributed by atoms with Gasteiger partial charge in [0, 0.05) is 16.0 Å². The number of hydrogen-bond acceptors (Lipinski definition) is 2. The molecule has 2 rings (SSSR count). The van der Waals surface area contributed by atoms with E-state index in [1.165, 1.54) is 0 Å². The smallest absolute Gasteiger partial charge is 0.142 e. The van der Waals surface area contributed by atoms with E-state index in [9.17, 15) is 0 Å². The summed E-state index contributed by atoms with van der Waals surface area (Å²) in [5, 5.41) is 4.09. The summed E-state index contributed by atoms with van der Waals surface area (Å²) in [5.41, 5.74) is 1.99. The van der Waals surface area contributed by atoms with Gasteiger partial charge in [0.15, 0.2) is 0 Å². The van der Waals surface area contributed by atoms with E-state index in [0.29, 0.717) is 6.54 Å². The minimum absolute atomic E-state index is 0.659. The Labute approximate surface area is 120 Å². The second-order valence-corrected chi connectivity index (χ2v) is 5.11. The molecule has 0 atom stereocenters.